The van der Waals surface area contributed by atoms with Crippen molar-refractivity contribution >= 4 is 5.97 Å². The van der Waals surface area contributed by atoms with Gasteiger partial charge in [0, 0.05) is 0 Å². The van der Waals surface area contributed by atoms with E-state index in [0.717, 1.165) is 19.3 Å². The van der Waals surface area contributed by atoms with Crippen molar-refractivity contribution in [1.29, 1.82) is 0 Å². The molecule has 0 heterocycles. The first kappa shape index (κ1) is 9.56. The SMILES string of the molecule is CC1CC(C)(C)CCC1C(=O)O. The Morgan fingerprint density at radius 3 is 2.50 bits per heavy atom. The van der Waals surface area contributed by atoms with Crippen LogP contribution in [0.2, 0.25) is 0 Å². The number of hydrogen-bond donors (Lipinski definition) is 1. The molecule has 1 N–H and O–H groups in total. The molecule has 0 bridgehead atoms. The first-order valence-electron chi connectivity index (χ1n) is 4.65. The summed E-state index contributed by atoms with van der Waals surface area (Å²) >= 11 is 0. The minimum Gasteiger partial charge on any atom is -0.481 e. The molecule has 1 aliphatic rings. The molecule has 0 aromatic heterocycles. The summed E-state index contributed by atoms with van der Waals surface area (Å²) in [5.74, 6) is -0.373. The van der Waals surface area contributed by atoms with Gasteiger partial charge < -0.3 is 5.11 Å². The topological polar surface area (TPSA) is 37.3 Å². The number of aliphatic carboxylic acids is 1. The Balaban J connectivity index is 2.60. The van der Waals surface area contributed by atoms with Gasteiger partial charge in [0.25, 0.3) is 0 Å². The van der Waals surface area contributed by atoms with Crippen LogP contribution in [0.3, 0.4) is 0 Å². The second-order valence-electron chi connectivity index (χ2n) is 4.83. The summed E-state index contributed by atoms with van der Waals surface area (Å²) in [7, 11) is 0. The number of carboxylic acids is 1. The van der Waals surface area contributed by atoms with Crippen LogP contribution in [0.5, 0.6) is 0 Å². The average Bonchev–Trinajstić information content (AvgIpc) is 1.83. The van der Waals surface area contributed by atoms with E-state index in [-0.39, 0.29) is 5.92 Å². The van der Waals surface area contributed by atoms with Crippen molar-refractivity contribution in [2.45, 2.75) is 40.0 Å². The predicted octanol–water partition coefficient (Wildman–Crippen LogP) is 2.53. The van der Waals surface area contributed by atoms with E-state index >= 15 is 0 Å². The Hall–Kier alpha value is -0.530. The number of rotatable bonds is 1. The molecular weight excluding hydrogens is 152 g/mol. The van der Waals surface area contributed by atoms with E-state index in [4.69, 9.17) is 5.11 Å². The molecule has 0 aliphatic heterocycles. The maximum absolute atomic E-state index is 10.8. The number of hydrogen-bond acceptors (Lipinski definition) is 1. The summed E-state index contributed by atoms with van der Waals surface area (Å²) in [5.41, 5.74) is 0.353. The molecule has 1 fully saturated rings. The van der Waals surface area contributed by atoms with E-state index in [2.05, 4.69) is 20.8 Å². The zero-order valence-electron chi connectivity index (χ0n) is 8.13. The van der Waals surface area contributed by atoms with E-state index in [1.54, 1.807) is 0 Å². The lowest BCUT2D eigenvalue weighted by Crippen LogP contribution is -2.32. The van der Waals surface area contributed by atoms with Gasteiger partial charge in [-0.1, -0.05) is 20.8 Å². The Kier molecular flexibility index (Phi) is 2.45. The Labute approximate surface area is 74.0 Å². The summed E-state index contributed by atoms with van der Waals surface area (Å²) in [6.07, 6.45) is 2.95. The molecule has 0 aromatic rings. The van der Waals surface area contributed by atoms with Crippen molar-refractivity contribution < 1.29 is 9.90 Å². The highest BCUT2D eigenvalue weighted by molar-refractivity contribution is 5.70. The van der Waals surface area contributed by atoms with Crippen LogP contribution >= 0.6 is 0 Å². The van der Waals surface area contributed by atoms with Gasteiger partial charge in [0.1, 0.15) is 0 Å². The zero-order chi connectivity index (χ0) is 9.35. The van der Waals surface area contributed by atoms with Crippen LogP contribution in [-0.2, 0) is 4.79 Å². The summed E-state index contributed by atoms with van der Waals surface area (Å²) in [4.78, 5) is 10.8. The summed E-state index contributed by atoms with van der Waals surface area (Å²) in [6, 6.07) is 0. The Morgan fingerprint density at radius 1 is 1.50 bits per heavy atom. The van der Waals surface area contributed by atoms with Crippen molar-refractivity contribution in [3.8, 4) is 0 Å². The van der Waals surface area contributed by atoms with E-state index in [1.807, 2.05) is 0 Å². The van der Waals surface area contributed by atoms with Crippen molar-refractivity contribution in [3.63, 3.8) is 0 Å². The lowest BCUT2D eigenvalue weighted by Gasteiger charge is -2.37. The Bertz CT molecular complexity index is 184. The summed E-state index contributed by atoms with van der Waals surface area (Å²) in [5, 5.41) is 8.88. The first-order valence-corrected chi connectivity index (χ1v) is 4.65. The highest BCUT2D eigenvalue weighted by Crippen LogP contribution is 2.41. The molecule has 1 rings (SSSR count). The summed E-state index contributed by atoms with van der Waals surface area (Å²) in [6.45, 7) is 6.50. The fourth-order valence-electron chi connectivity index (χ4n) is 2.31. The molecular formula is C10H18O2. The monoisotopic (exact) mass is 170 g/mol. The smallest absolute Gasteiger partial charge is 0.306 e. The lowest BCUT2D eigenvalue weighted by atomic mass is 9.68. The van der Waals surface area contributed by atoms with Crippen LogP contribution in [0.15, 0.2) is 0 Å². The third kappa shape index (κ3) is 1.99. The van der Waals surface area contributed by atoms with E-state index in [0.29, 0.717) is 11.3 Å². The quantitative estimate of drug-likeness (QED) is 0.656. The van der Waals surface area contributed by atoms with E-state index in [1.165, 1.54) is 0 Å². The minimum absolute atomic E-state index is 0.0991. The third-order valence-electron chi connectivity index (χ3n) is 3.01. The molecule has 1 aliphatic carbocycles. The first-order chi connectivity index (χ1) is 5.42. The second-order valence-corrected chi connectivity index (χ2v) is 4.83. The fourth-order valence-corrected chi connectivity index (χ4v) is 2.31. The van der Waals surface area contributed by atoms with E-state index in [9.17, 15) is 4.79 Å². The standard InChI is InChI=1S/C10H18O2/c1-7-6-10(2,3)5-4-8(7)9(11)12/h7-8H,4-6H2,1-3H3,(H,11,12). The highest BCUT2D eigenvalue weighted by atomic mass is 16.4. The molecule has 2 heteroatoms. The van der Waals surface area contributed by atoms with Gasteiger partial charge in [0.2, 0.25) is 0 Å². The molecule has 1 saturated carbocycles. The van der Waals surface area contributed by atoms with Gasteiger partial charge in [-0.3, -0.25) is 4.79 Å². The fraction of sp³-hybridized carbons (Fsp3) is 0.900. The van der Waals surface area contributed by atoms with Gasteiger partial charge in [-0.25, -0.2) is 0 Å². The third-order valence-corrected chi connectivity index (χ3v) is 3.01. The normalized spacial score (nSPS) is 34.6. The largest absolute Gasteiger partial charge is 0.481 e. The van der Waals surface area contributed by atoms with Crippen LogP contribution in [0.1, 0.15) is 40.0 Å². The van der Waals surface area contributed by atoms with Crippen LogP contribution in [0, 0.1) is 17.3 Å². The van der Waals surface area contributed by atoms with Gasteiger partial charge in [0.05, 0.1) is 5.92 Å². The molecule has 0 amide bonds. The van der Waals surface area contributed by atoms with E-state index < -0.39 is 5.97 Å². The lowest BCUT2D eigenvalue weighted by molar-refractivity contribution is -0.145. The van der Waals surface area contributed by atoms with Crippen molar-refractivity contribution in [3.05, 3.63) is 0 Å². The molecule has 2 unspecified atom stereocenters. The maximum Gasteiger partial charge on any atom is 0.306 e. The van der Waals surface area contributed by atoms with Gasteiger partial charge in [-0.2, -0.15) is 0 Å². The number of carbonyl (C=O) groups is 1. The Morgan fingerprint density at radius 2 is 2.08 bits per heavy atom. The molecule has 0 radical (unpaired) electrons. The van der Waals surface area contributed by atoms with Crippen LogP contribution in [-0.4, -0.2) is 11.1 Å². The molecule has 0 spiro atoms. The molecule has 0 saturated heterocycles. The zero-order valence-corrected chi connectivity index (χ0v) is 8.13. The minimum atomic E-state index is -0.613. The predicted molar refractivity (Wildman–Crippen MR) is 47.9 cm³/mol. The van der Waals surface area contributed by atoms with Crippen molar-refractivity contribution in [1.82, 2.24) is 0 Å². The molecule has 12 heavy (non-hydrogen) atoms. The van der Waals surface area contributed by atoms with Crippen molar-refractivity contribution in [2.75, 3.05) is 0 Å². The molecule has 2 atom stereocenters. The van der Waals surface area contributed by atoms with Gasteiger partial charge in [0.15, 0.2) is 0 Å². The summed E-state index contributed by atoms with van der Waals surface area (Å²) < 4.78 is 0. The van der Waals surface area contributed by atoms with Gasteiger partial charge >= 0.3 is 5.97 Å². The van der Waals surface area contributed by atoms with Gasteiger partial charge in [-0.15, -0.1) is 0 Å². The van der Waals surface area contributed by atoms with Crippen molar-refractivity contribution in [2.24, 2.45) is 17.3 Å². The maximum atomic E-state index is 10.8. The van der Waals surface area contributed by atoms with Gasteiger partial charge in [-0.05, 0) is 30.6 Å². The highest BCUT2D eigenvalue weighted by Gasteiger charge is 2.35. The molecule has 0 aromatic carbocycles. The second kappa shape index (κ2) is 3.08. The van der Waals surface area contributed by atoms with Crippen LogP contribution in [0.4, 0.5) is 0 Å². The van der Waals surface area contributed by atoms with Crippen LogP contribution in [0.25, 0.3) is 0 Å². The number of carboxylic acid groups (broad SMARTS) is 1. The molecule has 70 valence electrons. The average molecular weight is 170 g/mol. The van der Waals surface area contributed by atoms with Crippen LogP contribution < -0.4 is 0 Å². The molecule has 2 nitrogen and oxygen atoms in total.